The number of likely N-dealkylation sites (tertiary alicyclic amines) is 1. The van der Waals surface area contributed by atoms with Crippen LogP contribution in [0.4, 0.5) is 0 Å². The molecule has 0 saturated carbocycles. The fourth-order valence-electron chi connectivity index (χ4n) is 2.18. The third kappa shape index (κ3) is 2.58. The summed E-state index contributed by atoms with van der Waals surface area (Å²) in [6, 6.07) is 2.26. The van der Waals surface area contributed by atoms with Gasteiger partial charge in [-0.15, -0.1) is 0 Å². The van der Waals surface area contributed by atoms with Crippen molar-refractivity contribution in [3.8, 4) is 0 Å². The lowest BCUT2D eigenvalue weighted by Crippen LogP contribution is -2.41. The number of hydrogen-bond acceptors (Lipinski definition) is 4. The molecular formula is C11H18N2O2. The zero-order chi connectivity index (χ0) is 10.7. The fraction of sp³-hybridized carbons (Fsp3) is 0.727. The van der Waals surface area contributed by atoms with Crippen LogP contribution in [0, 0.1) is 6.92 Å². The van der Waals surface area contributed by atoms with E-state index in [1.165, 1.54) is 12.8 Å². The van der Waals surface area contributed by atoms with E-state index in [-0.39, 0.29) is 6.61 Å². The molecule has 84 valence electrons. The summed E-state index contributed by atoms with van der Waals surface area (Å²) >= 11 is 0. The van der Waals surface area contributed by atoms with Crippen molar-refractivity contribution >= 4 is 0 Å². The molecule has 4 heteroatoms. The van der Waals surface area contributed by atoms with Crippen LogP contribution in [-0.2, 0) is 6.54 Å². The smallest absolute Gasteiger partial charge is 0.133 e. The molecular weight excluding hydrogens is 192 g/mol. The topological polar surface area (TPSA) is 49.5 Å². The van der Waals surface area contributed by atoms with Crippen LogP contribution in [0.15, 0.2) is 10.6 Å². The Morgan fingerprint density at radius 2 is 2.47 bits per heavy atom. The standard InChI is InChI=1S/C11H18N2O2/c1-9-6-10(12-15-9)7-13-5-3-2-4-11(13)8-14/h6,11,14H,2-5,7-8H2,1H3. The van der Waals surface area contributed by atoms with E-state index in [4.69, 9.17) is 4.52 Å². The fourth-order valence-corrected chi connectivity index (χ4v) is 2.18. The molecule has 1 atom stereocenters. The summed E-state index contributed by atoms with van der Waals surface area (Å²) in [5, 5.41) is 13.2. The maximum atomic E-state index is 9.26. The van der Waals surface area contributed by atoms with Crippen LogP contribution in [0.2, 0.25) is 0 Å². The normalized spacial score (nSPS) is 23.2. The highest BCUT2D eigenvalue weighted by molar-refractivity contribution is 5.03. The van der Waals surface area contributed by atoms with Gasteiger partial charge in [0.2, 0.25) is 0 Å². The summed E-state index contributed by atoms with van der Waals surface area (Å²) in [7, 11) is 0. The monoisotopic (exact) mass is 210 g/mol. The highest BCUT2D eigenvalue weighted by Crippen LogP contribution is 2.19. The van der Waals surface area contributed by atoms with Gasteiger partial charge in [-0.3, -0.25) is 4.90 Å². The highest BCUT2D eigenvalue weighted by Gasteiger charge is 2.22. The first-order chi connectivity index (χ1) is 7.29. The van der Waals surface area contributed by atoms with E-state index in [0.717, 1.165) is 31.0 Å². The van der Waals surface area contributed by atoms with Gasteiger partial charge < -0.3 is 9.63 Å². The molecule has 1 aliphatic heterocycles. The third-order valence-corrected chi connectivity index (χ3v) is 3.00. The first-order valence-electron chi connectivity index (χ1n) is 5.56. The van der Waals surface area contributed by atoms with Gasteiger partial charge in [-0.1, -0.05) is 11.6 Å². The first-order valence-corrected chi connectivity index (χ1v) is 5.56. The van der Waals surface area contributed by atoms with Crippen LogP contribution in [-0.4, -0.2) is 34.4 Å². The molecule has 1 fully saturated rings. The Labute approximate surface area is 89.9 Å². The van der Waals surface area contributed by atoms with Gasteiger partial charge in [0.1, 0.15) is 5.76 Å². The lowest BCUT2D eigenvalue weighted by Gasteiger charge is -2.33. The Hall–Kier alpha value is -0.870. The molecule has 1 saturated heterocycles. The van der Waals surface area contributed by atoms with E-state index < -0.39 is 0 Å². The number of aliphatic hydroxyl groups excluding tert-OH is 1. The molecule has 0 bridgehead atoms. The molecule has 1 aliphatic rings. The third-order valence-electron chi connectivity index (χ3n) is 3.00. The molecule has 1 aromatic rings. The molecule has 2 heterocycles. The largest absolute Gasteiger partial charge is 0.395 e. The summed E-state index contributed by atoms with van der Waals surface area (Å²) in [5.74, 6) is 0.850. The van der Waals surface area contributed by atoms with Crippen molar-refractivity contribution in [1.29, 1.82) is 0 Å². The number of rotatable bonds is 3. The number of aryl methyl sites for hydroxylation is 1. The SMILES string of the molecule is Cc1cc(CN2CCCCC2CO)no1. The number of aliphatic hydroxyl groups is 1. The van der Waals surface area contributed by atoms with Crippen molar-refractivity contribution in [2.75, 3.05) is 13.2 Å². The van der Waals surface area contributed by atoms with Gasteiger partial charge in [-0.25, -0.2) is 0 Å². The van der Waals surface area contributed by atoms with E-state index in [0.29, 0.717) is 6.04 Å². The zero-order valence-electron chi connectivity index (χ0n) is 9.15. The van der Waals surface area contributed by atoms with Gasteiger partial charge >= 0.3 is 0 Å². The number of hydrogen-bond donors (Lipinski definition) is 1. The Morgan fingerprint density at radius 1 is 1.60 bits per heavy atom. The minimum atomic E-state index is 0.247. The summed E-state index contributed by atoms with van der Waals surface area (Å²) < 4.78 is 5.04. The van der Waals surface area contributed by atoms with E-state index in [1.807, 2.05) is 13.0 Å². The van der Waals surface area contributed by atoms with Crippen LogP contribution in [0.1, 0.15) is 30.7 Å². The number of aromatic nitrogens is 1. The predicted molar refractivity (Wildman–Crippen MR) is 56.4 cm³/mol. The molecule has 1 aromatic heterocycles. The van der Waals surface area contributed by atoms with Crippen molar-refractivity contribution in [1.82, 2.24) is 10.1 Å². The van der Waals surface area contributed by atoms with Gasteiger partial charge in [0.05, 0.1) is 12.3 Å². The van der Waals surface area contributed by atoms with E-state index in [1.54, 1.807) is 0 Å². The molecule has 1 N–H and O–H groups in total. The van der Waals surface area contributed by atoms with Crippen molar-refractivity contribution < 1.29 is 9.63 Å². The Balaban J connectivity index is 1.97. The molecule has 15 heavy (non-hydrogen) atoms. The first kappa shape index (κ1) is 10.6. The van der Waals surface area contributed by atoms with E-state index >= 15 is 0 Å². The van der Waals surface area contributed by atoms with Crippen LogP contribution in [0.25, 0.3) is 0 Å². The minimum Gasteiger partial charge on any atom is -0.395 e. The summed E-state index contributed by atoms with van der Waals surface area (Å²) in [6.45, 7) is 3.99. The van der Waals surface area contributed by atoms with Crippen molar-refractivity contribution in [2.45, 2.75) is 38.8 Å². The van der Waals surface area contributed by atoms with Crippen molar-refractivity contribution in [3.05, 3.63) is 17.5 Å². The van der Waals surface area contributed by atoms with Crippen molar-refractivity contribution in [2.24, 2.45) is 0 Å². The van der Waals surface area contributed by atoms with Gasteiger partial charge in [0, 0.05) is 18.7 Å². The van der Waals surface area contributed by atoms with Gasteiger partial charge in [-0.05, 0) is 26.3 Å². The van der Waals surface area contributed by atoms with Crippen LogP contribution in [0.3, 0.4) is 0 Å². The average molecular weight is 210 g/mol. The molecule has 0 radical (unpaired) electrons. The van der Waals surface area contributed by atoms with Crippen LogP contribution >= 0.6 is 0 Å². The van der Waals surface area contributed by atoms with Crippen LogP contribution in [0.5, 0.6) is 0 Å². The maximum Gasteiger partial charge on any atom is 0.133 e. The molecule has 0 amide bonds. The molecule has 2 rings (SSSR count). The summed E-state index contributed by atoms with van der Waals surface area (Å²) in [5.41, 5.74) is 0.966. The molecule has 4 nitrogen and oxygen atoms in total. The Morgan fingerprint density at radius 3 is 3.13 bits per heavy atom. The zero-order valence-corrected chi connectivity index (χ0v) is 9.15. The second-order valence-corrected chi connectivity index (χ2v) is 4.23. The second kappa shape index (κ2) is 4.77. The van der Waals surface area contributed by atoms with E-state index in [9.17, 15) is 5.11 Å². The maximum absolute atomic E-state index is 9.26. The Bertz CT molecular complexity index is 311. The van der Waals surface area contributed by atoms with Crippen LogP contribution < -0.4 is 0 Å². The second-order valence-electron chi connectivity index (χ2n) is 4.23. The van der Waals surface area contributed by atoms with Gasteiger partial charge in [0.25, 0.3) is 0 Å². The molecule has 0 aliphatic carbocycles. The summed E-state index contributed by atoms with van der Waals surface area (Å²) in [4.78, 5) is 2.29. The molecule has 1 unspecified atom stereocenters. The molecule has 0 spiro atoms. The van der Waals surface area contributed by atoms with E-state index in [2.05, 4.69) is 10.1 Å². The molecule has 0 aromatic carbocycles. The quantitative estimate of drug-likeness (QED) is 0.817. The Kier molecular flexibility index (Phi) is 3.38. The lowest BCUT2D eigenvalue weighted by atomic mass is 10.0. The van der Waals surface area contributed by atoms with Crippen molar-refractivity contribution in [3.63, 3.8) is 0 Å². The predicted octanol–water partition coefficient (Wildman–Crippen LogP) is 1.33. The lowest BCUT2D eigenvalue weighted by molar-refractivity contribution is 0.0821. The number of nitrogens with zero attached hydrogens (tertiary/aromatic N) is 2. The average Bonchev–Trinajstić information content (AvgIpc) is 2.65. The highest BCUT2D eigenvalue weighted by atomic mass is 16.5. The van der Waals surface area contributed by atoms with Gasteiger partial charge in [0.15, 0.2) is 0 Å². The minimum absolute atomic E-state index is 0.247. The number of piperidine rings is 1. The van der Waals surface area contributed by atoms with Gasteiger partial charge in [-0.2, -0.15) is 0 Å². The summed E-state index contributed by atoms with van der Waals surface area (Å²) in [6.07, 6.45) is 3.53.